The van der Waals surface area contributed by atoms with E-state index in [0.29, 0.717) is 10.9 Å². The Hall–Kier alpha value is -15.3. The van der Waals surface area contributed by atoms with Gasteiger partial charge in [-0.2, -0.15) is 0 Å². The average Bonchev–Trinajstić information content (AvgIpc) is 0.705. The van der Waals surface area contributed by atoms with Crippen molar-refractivity contribution < 1.29 is 20.1 Å². The van der Waals surface area contributed by atoms with Crippen LogP contribution in [0.5, 0.6) is 0 Å². The minimum atomic E-state index is -1.47. The highest BCUT2D eigenvalue weighted by Gasteiger charge is 2.24. The summed E-state index contributed by atoms with van der Waals surface area (Å²) < 4.78 is 4.60. The highest BCUT2D eigenvalue weighted by Crippen LogP contribution is 2.50. The highest BCUT2D eigenvalue weighted by atomic mass is 79.9. The van der Waals surface area contributed by atoms with Gasteiger partial charge < -0.3 is 20.1 Å². The van der Waals surface area contributed by atoms with Crippen LogP contribution < -0.4 is 10.9 Å². The van der Waals surface area contributed by atoms with Crippen molar-refractivity contribution in [1.82, 2.24) is 0 Å². The van der Waals surface area contributed by atoms with Crippen LogP contribution in [0, 0.1) is 0 Å². The summed E-state index contributed by atoms with van der Waals surface area (Å²) >= 11 is 14.7. The largest absolute Gasteiger partial charge is 0.489 e. The first-order valence-corrected chi connectivity index (χ1v) is 50.7. The lowest BCUT2D eigenvalue weighted by molar-refractivity contribution is 0.424. The van der Waals surface area contributed by atoms with E-state index >= 15 is 0 Å². The SMILES string of the molecule is Brc1ccc(-c2ccccc2)c2c(-c3ccccc3)cccc12.Brc1ccc2ccc3c(-c4ccccc4)ccc4ccc1c2c43.Brc1ccc2ccc3c(Br)ccc4ccc1c2c43.OB(O)c1ccc2ccc3c(-c4ccccc4)ccc4ccc1c2c43.OB(O)c1ccccc1.c1ccc(-c2ccc3ccc4c(-c5ccc(-c6ccccc6)c6c(-c7ccccc7)cccc56)ccc5ccc2c3c54)cc1. The summed E-state index contributed by atoms with van der Waals surface area (Å²) in [6.45, 7) is 0. The molecule has 0 spiro atoms. The fourth-order valence-electron chi connectivity index (χ4n) is 21.3. The molecule has 28 rings (SSSR count). The van der Waals surface area contributed by atoms with Crippen molar-refractivity contribution >= 4 is 240 Å². The van der Waals surface area contributed by atoms with Crippen LogP contribution in [0.4, 0.5) is 0 Å². The van der Waals surface area contributed by atoms with Crippen molar-refractivity contribution in [2.24, 2.45) is 0 Å². The lowest BCUT2D eigenvalue weighted by Crippen LogP contribution is -2.30. The fraction of sp³-hybridized carbons (Fsp3) is 0. The quantitative estimate of drug-likeness (QED) is 0.0812. The Morgan fingerprint density at radius 1 is 0.127 bits per heavy atom. The van der Waals surface area contributed by atoms with Crippen LogP contribution >= 0.6 is 63.7 Å². The number of benzene rings is 28. The summed E-state index contributed by atoms with van der Waals surface area (Å²) in [4.78, 5) is 0. The minimum absolute atomic E-state index is 0.525. The Bertz CT molecular complexity index is 9330. The summed E-state index contributed by atoms with van der Waals surface area (Å²) in [5, 5.41) is 72.0. The average molecular weight is 2080 g/mol. The van der Waals surface area contributed by atoms with E-state index in [1.165, 1.54) is 218 Å². The first-order valence-electron chi connectivity index (χ1n) is 47.5. The van der Waals surface area contributed by atoms with Gasteiger partial charge in [0.25, 0.3) is 0 Å². The molecule has 142 heavy (non-hydrogen) atoms. The maximum atomic E-state index is 9.74. The summed E-state index contributed by atoms with van der Waals surface area (Å²) in [6, 6.07) is 175. The Balaban J connectivity index is 0.0000000998. The zero-order valence-corrected chi connectivity index (χ0v) is 83.1. The number of hydrogen-bond acceptors (Lipinski definition) is 4. The molecule has 0 bridgehead atoms. The van der Waals surface area contributed by atoms with Crippen LogP contribution in [-0.4, -0.2) is 34.3 Å². The van der Waals surface area contributed by atoms with E-state index in [9.17, 15) is 10.0 Å². The highest BCUT2D eigenvalue weighted by molar-refractivity contribution is 9.11. The monoisotopic (exact) mass is 2070 g/mol. The van der Waals surface area contributed by atoms with E-state index in [-0.39, 0.29) is 0 Å². The molecule has 0 saturated heterocycles. The van der Waals surface area contributed by atoms with E-state index in [2.05, 4.69) is 494 Å². The van der Waals surface area contributed by atoms with Gasteiger partial charge in [-0.05, 0) is 275 Å². The fourth-order valence-corrected chi connectivity index (χ4v) is 23.1. The molecule has 0 radical (unpaired) electrons. The van der Waals surface area contributed by atoms with Crippen molar-refractivity contribution in [2.75, 3.05) is 0 Å². The lowest BCUT2D eigenvalue weighted by Gasteiger charge is -2.19. The summed E-state index contributed by atoms with van der Waals surface area (Å²) in [5.41, 5.74) is 21.1. The lowest BCUT2D eigenvalue weighted by atomic mass is 9.75. The standard InChI is InChI=1S/C44H28.C22H15BO2.C22H13Br.C22H15Br.C16H8Br2.C6H7BO2/c1-4-11-29(12-5-1)34-23-19-32-22-26-41-37(24-20-33-21-25-40(34)42(32)43(33)41)38-28-27-36(31-15-8-3-9-16-31)44-35(17-10-18-39(38)44)30-13-6-2-7-14-30;24-23(25)20-13-9-16-7-11-18-17(14-4-2-1-3-5-14)10-6-15-8-12-19(20)22(16)21(15)18;23-20-13-9-16-7-11-18-17(14-4-2-1-3-5-14)10-6-15-8-12-19(20)22(16)21(15)18;23-21-15-14-19(17-10-5-2-6-11-17)22-18(12-7-13-20(21)22)16-8-3-1-4-9-16;17-13-8-4-10-2-6-12-14(18)7-3-9-1-5-11(13)16(10)15(9)12;8-7(9)6-4-2-1-3-5-6/h1-28H;1-13,24-25H;1-13H;1-15H;1-8H;1-5,8-9H. The molecule has 10 heteroatoms. The van der Waals surface area contributed by atoms with Crippen molar-refractivity contribution in [3.05, 3.63) is 515 Å². The third-order valence-electron chi connectivity index (χ3n) is 27.8. The molecule has 0 aliphatic heterocycles. The zero-order chi connectivity index (χ0) is 96.0. The molecule has 0 atom stereocenters. The van der Waals surface area contributed by atoms with Crippen LogP contribution in [0.15, 0.2) is 515 Å². The summed E-state index contributed by atoms with van der Waals surface area (Å²) in [7, 11) is -2.82. The molecule has 28 aromatic carbocycles. The van der Waals surface area contributed by atoms with Crippen molar-refractivity contribution in [3.63, 3.8) is 0 Å². The van der Waals surface area contributed by atoms with Gasteiger partial charge in [-0.1, -0.05) is 537 Å². The van der Waals surface area contributed by atoms with Gasteiger partial charge in [-0.15, -0.1) is 0 Å². The van der Waals surface area contributed by atoms with Crippen molar-refractivity contribution in [2.45, 2.75) is 0 Å². The minimum Gasteiger partial charge on any atom is -0.423 e. The van der Waals surface area contributed by atoms with E-state index in [1.54, 1.807) is 30.3 Å². The third kappa shape index (κ3) is 17.0. The first-order chi connectivity index (χ1) is 69.8. The van der Waals surface area contributed by atoms with Gasteiger partial charge in [-0.3, -0.25) is 0 Å². The molecule has 0 fully saturated rings. The second kappa shape index (κ2) is 39.4. The normalized spacial score (nSPS) is 11.4. The number of hydrogen-bond donors (Lipinski definition) is 4. The van der Waals surface area contributed by atoms with E-state index in [4.69, 9.17) is 10.0 Å². The molecule has 0 aromatic heterocycles. The number of fused-ring (bicyclic) bond motifs is 2. The molecule has 4 N–H and O–H groups in total. The predicted octanol–water partition coefficient (Wildman–Crippen LogP) is 35.8. The van der Waals surface area contributed by atoms with Gasteiger partial charge in [-0.25, -0.2) is 0 Å². The zero-order valence-electron chi connectivity index (χ0n) is 76.8. The maximum absolute atomic E-state index is 9.74. The van der Waals surface area contributed by atoms with Gasteiger partial charge in [0.05, 0.1) is 0 Å². The molecule has 0 aliphatic carbocycles. The summed E-state index contributed by atoms with van der Waals surface area (Å²) in [5.74, 6) is 0. The van der Waals surface area contributed by atoms with Crippen LogP contribution in [0.25, 0.3) is 240 Å². The molecular weight excluding hydrogens is 1990 g/mol. The Labute approximate surface area is 856 Å². The third-order valence-corrected chi connectivity index (χ3v) is 30.6. The van der Waals surface area contributed by atoms with Crippen molar-refractivity contribution in [3.8, 4) is 89.0 Å². The van der Waals surface area contributed by atoms with Crippen LogP contribution in [0.1, 0.15) is 0 Å². The molecule has 0 heterocycles. The van der Waals surface area contributed by atoms with E-state index < -0.39 is 14.2 Å². The Morgan fingerprint density at radius 2 is 0.317 bits per heavy atom. The van der Waals surface area contributed by atoms with Gasteiger partial charge in [0.2, 0.25) is 0 Å². The molecule has 0 amide bonds. The van der Waals surface area contributed by atoms with Gasteiger partial charge >= 0.3 is 14.2 Å². The topological polar surface area (TPSA) is 80.9 Å². The molecule has 4 nitrogen and oxygen atoms in total. The number of halogens is 4. The molecular formula is C132H86B2Br4O4. The summed E-state index contributed by atoms with van der Waals surface area (Å²) in [6.07, 6.45) is 0. The van der Waals surface area contributed by atoms with E-state index in [1.807, 2.05) is 36.4 Å². The molecule has 28 aromatic rings. The molecule has 0 aliphatic rings. The van der Waals surface area contributed by atoms with E-state index in [0.717, 1.165) is 39.4 Å². The predicted molar refractivity (Wildman–Crippen MR) is 622 cm³/mol. The maximum Gasteiger partial charge on any atom is 0.489 e. The molecule has 0 unspecified atom stereocenters. The Kier molecular flexibility index (Phi) is 25.1. The first kappa shape index (κ1) is 90.6. The second-order valence-corrected chi connectivity index (χ2v) is 39.3. The molecule has 672 valence electrons. The number of rotatable bonds is 10. The smallest absolute Gasteiger partial charge is 0.423 e. The second-order valence-electron chi connectivity index (χ2n) is 35.9. The van der Waals surface area contributed by atoms with Crippen LogP contribution in [0.2, 0.25) is 0 Å². The van der Waals surface area contributed by atoms with Gasteiger partial charge in [0, 0.05) is 17.9 Å². The van der Waals surface area contributed by atoms with Gasteiger partial charge in [0.15, 0.2) is 0 Å². The van der Waals surface area contributed by atoms with Gasteiger partial charge in [0.1, 0.15) is 0 Å². The van der Waals surface area contributed by atoms with Crippen molar-refractivity contribution in [1.29, 1.82) is 0 Å². The Morgan fingerprint density at radius 3 is 0.627 bits per heavy atom. The molecule has 0 saturated carbocycles. The van der Waals surface area contributed by atoms with Crippen LogP contribution in [-0.2, 0) is 0 Å². The van der Waals surface area contributed by atoms with Crippen LogP contribution in [0.3, 0.4) is 0 Å².